The highest BCUT2D eigenvalue weighted by atomic mass is 32.2. The van der Waals surface area contributed by atoms with E-state index in [0.717, 1.165) is 6.26 Å². The molecule has 1 amide bonds. The first kappa shape index (κ1) is 18.1. The fourth-order valence-electron chi connectivity index (χ4n) is 2.82. The fourth-order valence-corrected chi connectivity index (χ4v) is 3.93. The number of carbonyl (C=O) groups excluding carboxylic acids is 2. The zero-order chi connectivity index (χ0) is 16.4. The Hall–Kier alpha value is -0.950. The Morgan fingerprint density at radius 2 is 1.90 bits per heavy atom. The fraction of sp³-hybridized carbons (Fsp3) is 0.857. The van der Waals surface area contributed by atoms with E-state index in [4.69, 9.17) is 0 Å². The van der Waals surface area contributed by atoms with E-state index in [-0.39, 0.29) is 17.6 Å². The Labute approximate surface area is 127 Å². The van der Waals surface area contributed by atoms with Gasteiger partial charge in [-0.15, -0.1) is 0 Å². The van der Waals surface area contributed by atoms with Crippen LogP contribution in [0.1, 0.15) is 40.0 Å². The highest BCUT2D eigenvalue weighted by molar-refractivity contribution is 7.88. The molecule has 1 saturated heterocycles. The zero-order valence-electron chi connectivity index (χ0n) is 13.5. The largest absolute Gasteiger partial charge is 0.334 e. The molecule has 0 unspecified atom stereocenters. The average Bonchev–Trinajstić information content (AvgIpc) is 2.82. The Balaban J connectivity index is 2.92. The van der Waals surface area contributed by atoms with Crippen molar-refractivity contribution in [2.24, 2.45) is 5.92 Å². The number of rotatable bonds is 6. The van der Waals surface area contributed by atoms with Crippen molar-refractivity contribution in [2.45, 2.75) is 52.1 Å². The van der Waals surface area contributed by atoms with E-state index < -0.39 is 22.1 Å². The highest BCUT2D eigenvalue weighted by Crippen LogP contribution is 2.23. The van der Waals surface area contributed by atoms with Gasteiger partial charge in [-0.2, -0.15) is 4.31 Å². The normalized spacial score (nSPS) is 21.5. The maximum absolute atomic E-state index is 12.6. The molecular weight excluding hydrogens is 292 g/mol. The summed E-state index contributed by atoms with van der Waals surface area (Å²) >= 11 is 0. The van der Waals surface area contributed by atoms with E-state index in [1.165, 1.54) is 16.1 Å². The van der Waals surface area contributed by atoms with Crippen LogP contribution >= 0.6 is 0 Å². The molecule has 0 N–H and O–H groups in total. The van der Waals surface area contributed by atoms with Crippen LogP contribution in [-0.4, -0.2) is 61.2 Å². The number of nitrogens with zero attached hydrogens (tertiary/aromatic N) is 2. The molecule has 2 atom stereocenters. The molecule has 0 saturated carbocycles. The summed E-state index contributed by atoms with van der Waals surface area (Å²) in [7, 11) is -1.81. The molecule has 1 aliphatic heterocycles. The number of ketones is 1. The molecule has 1 heterocycles. The van der Waals surface area contributed by atoms with Gasteiger partial charge in [0.05, 0.1) is 12.3 Å². The number of amides is 1. The molecule has 21 heavy (non-hydrogen) atoms. The molecule has 6 nitrogen and oxygen atoms in total. The lowest BCUT2D eigenvalue weighted by atomic mass is 9.99. The average molecular weight is 318 g/mol. The molecule has 1 aliphatic rings. The predicted octanol–water partition coefficient (Wildman–Crippen LogP) is 0.873. The quantitative estimate of drug-likeness (QED) is 0.728. The van der Waals surface area contributed by atoms with Gasteiger partial charge >= 0.3 is 0 Å². The van der Waals surface area contributed by atoms with Gasteiger partial charge in [-0.1, -0.05) is 13.8 Å². The van der Waals surface area contributed by atoms with Crippen LogP contribution in [0.25, 0.3) is 0 Å². The van der Waals surface area contributed by atoms with Crippen molar-refractivity contribution in [3.05, 3.63) is 0 Å². The molecule has 7 heteroatoms. The summed E-state index contributed by atoms with van der Waals surface area (Å²) in [5.41, 5.74) is 0. The summed E-state index contributed by atoms with van der Waals surface area (Å²) in [5.74, 6) is -0.0639. The lowest BCUT2D eigenvalue weighted by molar-refractivity contribution is -0.140. The Morgan fingerprint density at radius 1 is 1.33 bits per heavy atom. The number of hydrogen-bond acceptors (Lipinski definition) is 4. The molecule has 0 aromatic rings. The van der Waals surface area contributed by atoms with Crippen LogP contribution in [0.15, 0.2) is 0 Å². The van der Waals surface area contributed by atoms with Gasteiger partial charge in [-0.3, -0.25) is 9.59 Å². The van der Waals surface area contributed by atoms with Crippen molar-refractivity contribution in [1.29, 1.82) is 0 Å². The first-order valence-electron chi connectivity index (χ1n) is 7.29. The summed E-state index contributed by atoms with van der Waals surface area (Å²) in [5, 5.41) is 0. The second-order valence-corrected chi connectivity index (χ2v) is 8.17. The second kappa shape index (κ2) is 6.87. The molecule has 0 aliphatic carbocycles. The van der Waals surface area contributed by atoms with Crippen LogP contribution in [0.2, 0.25) is 0 Å². The molecule has 0 bridgehead atoms. The van der Waals surface area contributed by atoms with Crippen molar-refractivity contribution >= 4 is 21.7 Å². The van der Waals surface area contributed by atoms with E-state index in [0.29, 0.717) is 25.8 Å². The topological polar surface area (TPSA) is 74.8 Å². The minimum atomic E-state index is -3.40. The third-order valence-corrected chi connectivity index (χ3v) is 5.18. The molecule has 0 aromatic heterocycles. The smallest absolute Gasteiger partial charge is 0.241 e. The Bertz CT molecular complexity index is 501. The Kier molecular flexibility index (Phi) is 5.92. The number of Topliss-reactive ketones (excluding diaryl/α,β-unsaturated/α-hetero) is 1. The monoisotopic (exact) mass is 318 g/mol. The number of likely N-dealkylation sites (N-methyl/N-ethyl adjacent to an activating group) is 1. The van der Waals surface area contributed by atoms with Gasteiger partial charge in [0.1, 0.15) is 6.04 Å². The molecule has 0 spiro atoms. The molecule has 0 aromatic carbocycles. The van der Waals surface area contributed by atoms with Crippen LogP contribution in [-0.2, 0) is 19.6 Å². The lowest BCUT2D eigenvalue weighted by Gasteiger charge is -2.32. The predicted molar refractivity (Wildman–Crippen MR) is 81.3 cm³/mol. The summed E-state index contributed by atoms with van der Waals surface area (Å²) in [6.45, 7) is 5.83. The maximum atomic E-state index is 12.6. The van der Waals surface area contributed by atoms with Gasteiger partial charge in [0.2, 0.25) is 15.9 Å². The van der Waals surface area contributed by atoms with Gasteiger partial charge in [-0.25, -0.2) is 8.42 Å². The van der Waals surface area contributed by atoms with Gasteiger partial charge in [0.15, 0.2) is 5.78 Å². The number of sulfonamides is 1. The van der Waals surface area contributed by atoms with Crippen molar-refractivity contribution < 1.29 is 18.0 Å². The highest BCUT2D eigenvalue weighted by Gasteiger charge is 2.39. The standard InChI is InChI=1S/C14H26N2O4S/c1-10(2)9-13(11(3)17)15(4)14(18)12-7-6-8-16(12)21(5,19)20/h10,12-13H,6-9H2,1-5H3/t12-,13+/m0/s1. The van der Waals surface area contributed by atoms with Gasteiger partial charge < -0.3 is 4.90 Å². The summed E-state index contributed by atoms with van der Waals surface area (Å²) in [6, 6.07) is -1.15. The third-order valence-electron chi connectivity index (χ3n) is 3.89. The van der Waals surface area contributed by atoms with Gasteiger partial charge in [0.25, 0.3) is 0 Å². The van der Waals surface area contributed by atoms with E-state index in [1.54, 1.807) is 7.05 Å². The molecule has 1 rings (SSSR count). The summed E-state index contributed by atoms with van der Waals surface area (Å²) in [6.07, 6.45) is 2.90. The minimum absolute atomic E-state index is 0.0662. The van der Waals surface area contributed by atoms with E-state index in [1.807, 2.05) is 13.8 Å². The molecular formula is C14H26N2O4S. The van der Waals surface area contributed by atoms with Crippen LogP contribution in [0.3, 0.4) is 0 Å². The third kappa shape index (κ3) is 4.51. The van der Waals surface area contributed by atoms with Crippen LogP contribution in [0.5, 0.6) is 0 Å². The number of hydrogen-bond donors (Lipinski definition) is 0. The van der Waals surface area contributed by atoms with Gasteiger partial charge in [-0.05, 0) is 32.1 Å². The summed E-state index contributed by atoms with van der Waals surface area (Å²) in [4.78, 5) is 25.8. The van der Waals surface area contributed by atoms with Crippen LogP contribution in [0, 0.1) is 5.92 Å². The van der Waals surface area contributed by atoms with E-state index >= 15 is 0 Å². The zero-order valence-corrected chi connectivity index (χ0v) is 14.3. The molecule has 0 radical (unpaired) electrons. The van der Waals surface area contributed by atoms with Gasteiger partial charge in [0, 0.05) is 13.6 Å². The van der Waals surface area contributed by atoms with E-state index in [9.17, 15) is 18.0 Å². The SMILES string of the molecule is CC(=O)[C@@H](CC(C)C)N(C)C(=O)[C@@H]1CCCN1S(C)(=O)=O. The van der Waals surface area contributed by atoms with Crippen molar-refractivity contribution in [3.63, 3.8) is 0 Å². The van der Waals surface area contributed by atoms with E-state index in [2.05, 4.69) is 0 Å². The first-order valence-corrected chi connectivity index (χ1v) is 9.14. The second-order valence-electron chi connectivity index (χ2n) is 6.24. The minimum Gasteiger partial charge on any atom is -0.334 e. The first-order chi connectivity index (χ1) is 9.55. The molecule has 122 valence electrons. The lowest BCUT2D eigenvalue weighted by Crippen LogP contribution is -2.51. The maximum Gasteiger partial charge on any atom is 0.241 e. The number of carbonyl (C=O) groups is 2. The van der Waals surface area contributed by atoms with Crippen molar-refractivity contribution in [3.8, 4) is 0 Å². The summed E-state index contributed by atoms with van der Waals surface area (Å²) < 4.78 is 24.7. The van der Waals surface area contributed by atoms with Crippen LogP contribution in [0.4, 0.5) is 0 Å². The van der Waals surface area contributed by atoms with Crippen LogP contribution < -0.4 is 0 Å². The van der Waals surface area contributed by atoms with Crippen molar-refractivity contribution in [1.82, 2.24) is 9.21 Å². The van der Waals surface area contributed by atoms with Crippen molar-refractivity contribution in [2.75, 3.05) is 19.8 Å². The Morgan fingerprint density at radius 3 is 2.33 bits per heavy atom. The molecule has 1 fully saturated rings.